The number of hydrogen-bond acceptors (Lipinski definition) is 3. The van der Waals surface area contributed by atoms with Crippen LogP contribution in [-0.2, 0) is 13.1 Å². The van der Waals surface area contributed by atoms with E-state index in [-0.39, 0.29) is 0 Å². The molecule has 0 saturated heterocycles. The minimum absolute atomic E-state index is 0.486. The first-order valence-corrected chi connectivity index (χ1v) is 9.70. The highest BCUT2D eigenvalue weighted by atomic mass is 15.4. The van der Waals surface area contributed by atoms with Gasteiger partial charge in [0.15, 0.2) is 0 Å². The molecule has 4 heteroatoms. The van der Waals surface area contributed by atoms with E-state index in [0.29, 0.717) is 19.5 Å². The number of aryl methyl sites for hydroxylation is 1. The van der Waals surface area contributed by atoms with Gasteiger partial charge in [-0.1, -0.05) is 66.7 Å². The molecule has 0 spiro atoms. The summed E-state index contributed by atoms with van der Waals surface area (Å²) < 4.78 is 2.13. The number of para-hydroxylation sites is 2. The Balaban J connectivity index is 1.68. The van der Waals surface area contributed by atoms with E-state index in [1.807, 2.05) is 59.8 Å². The number of nitrogens with zero attached hydrogens (tertiary/aromatic N) is 4. The van der Waals surface area contributed by atoms with Crippen LogP contribution in [-0.4, -0.2) is 10.8 Å². The van der Waals surface area contributed by atoms with Crippen molar-refractivity contribution < 1.29 is 0 Å². The average molecular weight is 378 g/mol. The van der Waals surface area contributed by atoms with Crippen LogP contribution in [0.25, 0.3) is 10.9 Å². The molecule has 0 bridgehead atoms. The van der Waals surface area contributed by atoms with Gasteiger partial charge >= 0.3 is 0 Å². The molecule has 0 fully saturated rings. The molecular formula is C25H22N4. The lowest BCUT2D eigenvalue weighted by Crippen LogP contribution is -2.15. The van der Waals surface area contributed by atoms with Crippen molar-refractivity contribution in [2.75, 3.05) is 5.01 Å². The number of nitriles is 1. The zero-order valence-electron chi connectivity index (χ0n) is 16.1. The highest BCUT2D eigenvalue weighted by molar-refractivity contribution is 5.99. The van der Waals surface area contributed by atoms with Crippen molar-refractivity contribution in [1.82, 2.24) is 4.57 Å². The van der Waals surface area contributed by atoms with E-state index >= 15 is 0 Å². The molecule has 0 N–H and O–H groups in total. The lowest BCUT2D eigenvalue weighted by atomic mass is 10.2. The van der Waals surface area contributed by atoms with E-state index in [0.717, 1.165) is 22.2 Å². The Hall–Kier alpha value is -3.84. The van der Waals surface area contributed by atoms with Crippen LogP contribution >= 0.6 is 0 Å². The summed E-state index contributed by atoms with van der Waals surface area (Å²) in [6, 6.07) is 31.0. The lowest BCUT2D eigenvalue weighted by Gasteiger charge is -2.19. The molecule has 0 atom stereocenters. The maximum absolute atomic E-state index is 8.95. The van der Waals surface area contributed by atoms with Crippen molar-refractivity contribution >= 4 is 22.8 Å². The van der Waals surface area contributed by atoms with Gasteiger partial charge in [-0.2, -0.15) is 10.4 Å². The van der Waals surface area contributed by atoms with Crippen LogP contribution in [0, 0.1) is 11.3 Å². The molecule has 0 aliphatic carbocycles. The summed E-state index contributed by atoms with van der Waals surface area (Å²) in [5, 5.41) is 16.9. The minimum atomic E-state index is 0.486. The van der Waals surface area contributed by atoms with Gasteiger partial charge in [-0.05, 0) is 23.8 Å². The van der Waals surface area contributed by atoms with Gasteiger partial charge < -0.3 is 4.57 Å². The smallest absolute Gasteiger partial charge is 0.0666 e. The number of hydrazone groups is 1. The first-order chi connectivity index (χ1) is 14.3. The number of aromatic nitrogens is 1. The molecule has 0 amide bonds. The molecule has 142 valence electrons. The Kier molecular flexibility index (Phi) is 5.68. The first-order valence-electron chi connectivity index (χ1n) is 9.70. The Labute approximate surface area is 170 Å². The largest absolute Gasteiger partial charge is 0.346 e. The fraction of sp³-hybridized carbons (Fsp3) is 0.120. The van der Waals surface area contributed by atoms with Crippen LogP contribution in [0.4, 0.5) is 5.69 Å². The summed E-state index contributed by atoms with van der Waals surface area (Å²) >= 11 is 0. The summed E-state index contributed by atoms with van der Waals surface area (Å²) in [6.07, 6.45) is 4.48. The SMILES string of the molecule is N#CCCn1cc(/C=N\N(Cc2ccccc2)c2ccccc2)c2ccccc21. The molecule has 0 aliphatic rings. The second-order valence-corrected chi connectivity index (χ2v) is 6.83. The third kappa shape index (κ3) is 4.36. The Morgan fingerprint density at radius 3 is 2.34 bits per heavy atom. The van der Waals surface area contributed by atoms with Gasteiger partial charge in [0.2, 0.25) is 0 Å². The molecule has 0 unspecified atom stereocenters. The quantitative estimate of drug-likeness (QED) is 0.310. The monoisotopic (exact) mass is 378 g/mol. The molecule has 1 heterocycles. The second kappa shape index (κ2) is 8.90. The van der Waals surface area contributed by atoms with Crippen LogP contribution in [0.15, 0.2) is 96.2 Å². The second-order valence-electron chi connectivity index (χ2n) is 6.83. The summed E-state index contributed by atoms with van der Waals surface area (Å²) in [5.41, 5.74) is 4.41. The predicted octanol–water partition coefficient (Wildman–Crippen LogP) is 5.60. The fourth-order valence-corrected chi connectivity index (χ4v) is 3.42. The van der Waals surface area contributed by atoms with Crippen LogP contribution in [0.3, 0.4) is 0 Å². The Morgan fingerprint density at radius 1 is 0.897 bits per heavy atom. The summed E-state index contributed by atoms with van der Waals surface area (Å²) in [6.45, 7) is 1.37. The van der Waals surface area contributed by atoms with Crippen molar-refractivity contribution in [2.45, 2.75) is 19.5 Å². The number of fused-ring (bicyclic) bond motifs is 1. The normalized spacial score (nSPS) is 11.0. The molecule has 3 aromatic carbocycles. The molecule has 29 heavy (non-hydrogen) atoms. The highest BCUT2D eigenvalue weighted by Crippen LogP contribution is 2.22. The zero-order valence-corrected chi connectivity index (χ0v) is 16.1. The molecule has 0 radical (unpaired) electrons. The van der Waals surface area contributed by atoms with E-state index in [9.17, 15) is 0 Å². The maximum atomic E-state index is 8.95. The van der Waals surface area contributed by atoms with Gasteiger partial charge in [0, 0.05) is 29.2 Å². The minimum Gasteiger partial charge on any atom is -0.346 e. The highest BCUT2D eigenvalue weighted by Gasteiger charge is 2.09. The number of benzene rings is 3. The van der Waals surface area contributed by atoms with Gasteiger partial charge in [-0.3, -0.25) is 5.01 Å². The average Bonchev–Trinajstić information content (AvgIpc) is 3.14. The van der Waals surface area contributed by atoms with E-state index in [1.54, 1.807) is 0 Å². The van der Waals surface area contributed by atoms with E-state index in [2.05, 4.69) is 53.2 Å². The van der Waals surface area contributed by atoms with Gasteiger partial charge in [-0.25, -0.2) is 0 Å². The molecule has 1 aromatic heterocycles. The van der Waals surface area contributed by atoms with Crippen LogP contribution in [0.1, 0.15) is 17.5 Å². The Bertz CT molecular complexity index is 1140. The molecule has 0 aliphatic heterocycles. The number of hydrogen-bond donors (Lipinski definition) is 0. The van der Waals surface area contributed by atoms with Crippen molar-refractivity contribution in [2.24, 2.45) is 5.10 Å². The van der Waals surface area contributed by atoms with Crippen LogP contribution < -0.4 is 5.01 Å². The summed E-state index contributed by atoms with van der Waals surface area (Å²) in [5.74, 6) is 0. The molecular weight excluding hydrogens is 356 g/mol. The standard InChI is InChI=1S/C25H22N4/c26-16-9-17-28-20-22(24-14-7-8-15-25(24)28)18-27-29(23-12-5-2-6-13-23)19-21-10-3-1-4-11-21/h1-8,10-15,18,20H,9,17,19H2/b27-18-. The molecule has 4 nitrogen and oxygen atoms in total. The number of rotatable bonds is 7. The van der Waals surface area contributed by atoms with Gasteiger partial charge in [0.25, 0.3) is 0 Å². The predicted molar refractivity (Wildman–Crippen MR) is 119 cm³/mol. The molecule has 4 aromatic rings. The van der Waals surface area contributed by atoms with Crippen LogP contribution in [0.5, 0.6) is 0 Å². The van der Waals surface area contributed by atoms with E-state index < -0.39 is 0 Å². The maximum Gasteiger partial charge on any atom is 0.0666 e. The van der Waals surface area contributed by atoms with E-state index in [4.69, 9.17) is 10.4 Å². The van der Waals surface area contributed by atoms with Crippen molar-refractivity contribution in [3.63, 3.8) is 0 Å². The van der Waals surface area contributed by atoms with Gasteiger partial charge in [0.1, 0.15) is 0 Å². The molecule has 0 saturated carbocycles. The molecule has 4 rings (SSSR count). The Morgan fingerprint density at radius 2 is 1.59 bits per heavy atom. The van der Waals surface area contributed by atoms with E-state index in [1.165, 1.54) is 5.56 Å². The topological polar surface area (TPSA) is 44.3 Å². The van der Waals surface area contributed by atoms with Gasteiger partial charge in [-0.15, -0.1) is 0 Å². The summed E-state index contributed by atoms with van der Waals surface area (Å²) in [7, 11) is 0. The van der Waals surface area contributed by atoms with Crippen molar-refractivity contribution in [1.29, 1.82) is 5.26 Å². The third-order valence-corrected chi connectivity index (χ3v) is 4.85. The lowest BCUT2D eigenvalue weighted by molar-refractivity contribution is 0.744. The summed E-state index contributed by atoms with van der Waals surface area (Å²) in [4.78, 5) is 0. The van der Waals surface area contributed by atoms with Crippen molar-refractivity contribution in [3.05, 3.63) is 102 Å². The van der Waals surface area contributed by atoms with Crippen molar-refractivity contribution in [3.8, 4) is 6.07 Å². The fourth-order valence-electron chi connectivity index (χ4n) is 3.42. The first kappa shape index (κ1) is 18.5. The zero-order chi connectivity index (χ0) is 19.9. The van der Waals surface area contributed by atoms with Gasteiger partial charge in [0.05, 0.1) is 30.9 Å². The van der Waals surface area contributed by atoms with Crippen LogP contribution in [0.2, 0.25) is 0 Å². The number of anilines is 1. The third-order valence-electron chi connectivity index (χ3n) is 4.85.